The predicted molar refractivity (Wildman–Crippen MR) is 29.0 cm³/mol. The van der Waals surface area contributed by atoms with E-state index < -0.39 is 17.7 Å². The molecule has 0 spiro atoms. The van der Waals surface area contributed by atoms with Crippen LogP contribution < -0.4 is 5.73 Å². The van der Waals surface area contributed by atoms with E-state index in [1.54, 1.807) is 0 Å². The highest BCUT2D eigenvalue weighted by Crippen LogP contribution is 2.22. The summed E-state index contributed by atoms with van der Waals surface area (Å²) in [7, 11) is 0. The van der Waals surface area contributed by atoms with Crippen LogP contribution in [0.2, 0.25) is 0 Å². The van der Waals surface area contributed by atoms with Crippen LogP contribution in [0, 0.1) is 5.92 Å². The zero-order valence-electron chi connectivity index (χ0n) is 5.32. The molecule has 1 amide bonds. The van der Waals surface area contributed by atoms with E-state index in [2.05, 4.69) is 5.73 Å². The first-order chi connectivity index (χ1) is 3.89. The average Bonchev–Trinajstić information content (AvgIpc) is 1.65. The third-order valence-electron chi connectivity index (χ3n) is 1.05. The normalized spacial score (nSPS) is 12.1. The molecule has 0 saturated heterocycles. The van der Waals surface area contributed by atoms with Crippen LogP contribution in [0.3, 0.4) is 0 Å². The molecular formula is C5H9F2NO. The summed E-state index contributed by atoms with van der Waals surface area (Å²) in [6.45, 7) is 2.48. The van der Waals surface area contributed by atoms with E-state index in [-0.39, 0.29) is 0 Å². The molecular weight excluding hydrogens is 128 g/mol. The summed E-state index contributed by atoms with van der Waals surface area (Å²) in [5.74, 6) is -5.94. The fourth-order valence-electron chi connectivity index (χ4n) is 0.285. The summed E-state index contributed by atoms with van der Waals surface area (Å²) >= 11 is 0. The SMILES string of the molecule is CC(C)C(F)(F)C(N)=O. The molecule has 0 saturated carbocycles. The first kappa shape index (κ1) is 8.33. The summed E-state index contributed by atoms with van der Waals surface area (Å²) in [5, 5.41) is 0. The molecule has 9 heavy (non-hydrogen) atoms. The van der Waals surface area contributed by atoms with Gasteiger partial charge in [0.05, 0.1) is 0 Å². The van der Waals surface area contributed by atoms with Crippen molar-refractivity contribution in [1.29, 1.82) is 0 Å². The van der Waals surface area contributed by atoms with Crippen molar-refractivity contribution in [3.05, 3.63) is 0 Å². The number of carbonyl (C=O) groups is 1. The first-order valence-corrected chi connectivity index (χ1v) is 2.56. The van der Waals surface area contributed by atoms with Gasteiger partial charge in [-0.2, -0.15) is 8.78 Å². The molecule has 2 nitrogen and oxygen atoms in total. The van der Waals surface area contributed by atoms with Gasteiger partial charge in [-0.3, -0.25) is 4.79 Å². The monoisotopic (exact) mass is 137 g/mol. The molecule has 4 heteroatoms. The van der Waals surface area contributed by atoms with Crippen LogP contribution >= 0.6 is 0 Å². The lowest BCUT2D eigenvalue weighted by atomic mass is 10.1. The fraction of sp³-hybridized carbons (Fsp3) is 0.800. The van der Waals surface area contributed by atoms with E-state index in [4.69, 9.17) is 0 Å². The molecule has 0 aromatic rings. The van der Waals surface area contributed by atoms with E-state index in [1.165, 1.54) is 13.8 Å². The lowest BCUT2D eigenvalue weighted by Gasteiger charge is -2.14. The van der Waals surface area contributed by atoms with E-state index in [0.29, 0.717) is 0 Å². The molecule has 0 aromatic carbocycles. The standard InChI is InChI=1S/C5H9F2NO/c1-3(2)5(6,7)4(8)9/h3H,1-2H3,(H2,8,9). The Morgan fingerprint density at radius 3 is 1.89 bits per heavy atom. The topological polar surface area (TPSA) is 43.1 Å². The number of halogens is 2. The quantitative estimate of drug-likeness (QED) is 0.600. The van der Waals surface area contributed by atoms with Gasteiger partial charge < -0.3 is 5.73 Å². The van der Waals surface area contributed by atoms with E-state index in [1.807, 2.05) is 0 Å². The van der Waals surface area contributed by atoms with Crippen molar-refractivity contribution < 1.29 is 13.6 Å². The molecule has 0 atom stereocenters. The molecule has 54 valence electrons. The van der Waals surface area contributed by atoms with Crippen LogP contribution in [0.1, 0.15) is 13.8 Å². The van der Waals surface area contributed by atoms with Crippen molar-refractivity contribution in [2.24, 2.45) is 11.7 Å². The van der Waals surface area contributed by atoms with Gasteiger partial charge in [-0.15, -0.1) is 0 Å². The highest BCUT2D eigenvalue weighted by Gasteiger charge is 2.39. The van der Waals surface area contributed by atoms with Crippen molar-refractivity contribution >= 4 is 5.91 Å². The first-order valence-electron chi connectivity index (χ1n) is 2.56. The number of hydrogen-bond donors (Lipinski definition) is 1. The van der Waals surface area contributed by atoms with Crippen LogP contribution in [0.4, 0.5) is 8.78 Å². The Morgan fingerprint density at radius 1 is 1.56 bits per heavy atom. The minimum absolute atomic E-state index is 1.02. The summed E-state index contributed by atoms with van der Waals surface area (Å²) in [5.41, 5.74) is 4.38. The third kappa shape index (κ3) is 1.62. The summed E-state index contributed by atoms with van der Waals surface area (Å²) < 4.78 is 24.4. The molecule has 0 radical (unpaired) electrons. The zero-order chi connectivity index (χ0) is 7.65. The van der Waals surface area contributed by atoms with Gasteiger partial charge >= 0.3 is 5.92 Å². The number of alkyl halides is 2. The van der Waals surface area contributed by atoms with Gasteiger partial charge in [0.1, 0.15) is 0 Å². The van der Waals surface area contributed by atoms with Crippen molar-refractivity contribution in [3.8, 4) is 0 Å². The Kier molecular flexibility index (Phi) is 2.12. The van der Waals surface area contributed by atoms with Crippen LogP contribution in [0.5, 0.6) is 0 Å². The number of amides is 1. The molecule has 0 aliphatic rings. The summed E-state index contributed by atoms with van der Waals surface area (Å²) in [4.78, 5) is 9.93. The molecule has 2 N–H and O–H groups in total. The minimum Gasteiger partial charge on any atom is -0.364 e. The van der Waals surface area contributed by atoms with Crippen LogP contribution in [0.25, 0.3) is 0 Å². The average molecular weight is 137 g/mol. The molecule has 0 rings (SSSR count). The lowest BCUT2D eigenvalue weighted by Crippen LogP contribution is -2.39. The maximum atomic E-state index is 12.2. The van der Waals surface area contributed by atoms with Crippen LogP contribution in [0.15, 0.2) is 0 Å². The summed E-state index contributed by atoms with van der Waals surface area (Å²) in [6, 6.07) is 0. The Balaban J connectivity index is 4.19. The largest absolute Gasteiger partial charge is 0.364 e. The number of hydrogen-bond acceptors (Lipinski definition) is 1. The second-order valence-electron chi connectivity index (χ2n) is 2.14. The van der Waals surface area contributed by atoms with Gasteiger partial charge in [-0.05, 0) is 0 Å². The second-order valence-corrected chi connectivity index (χ2v) is 2.14. The van der Waals surface area contributed by atoms with E-state index >= 15 is 0 Å². The number of rotatable bonds is 2. The Bertz CT molecular complexity index is 122. The Labute approximate surface area is 52.0 Å². The predicted octanol–water partition coefficient (Wildman–Crippen LogP) is 0.763. The number of nitrogens with two attached hydrogens (primary N) is 1. The molecule has 0 unspecified atom stereocenters. The lowest BCUT2D eigenvalue weighted by molar-refractivity contribution is -0.148. The van der Waals surface area contributed by atoms with E-state index in [9.17, 15) is 13.6 Å². The molecule has 0 aromatic heterocycles. The van der Waals surface area contributed by atoms with Gasteiger partial charge in [0.25, 0.3) is 5.91 Å². The maximum Gasteiger partial charge on any atom is 0.326 e. The zero-order valence-corrected chi connectivity index (χ0v) is 5.32. The summed E-state index contributed by atoms with van der Waals surface area (Å²) in [6.07, 6.45) is 0. The second kappa shape index (κ2) is 2.29. The number of primary amides is 1. The van der Waals surface area contributed by atoms with Gasteiger partial charge in [-0.1, -0.05) is 13.8 Å². The minimum atomic E-state index is -3.36. The Morgan fingerprint density at radius 2 is 1.89 bits per heavy atom. The van der Waals surface area contributed by atoms with Gasteiger partial charge in [0.2, 0.25) is 0 Å². The van der Waals surface area contributed by atoms with E-state index in [0.717, 1.165) is 0 Å². The molecule has 0 fully saturated rings. The molecule has 0 bridgehead atoms. The third-order valence-corrected chi connectivity index (χ3v) is 1.05. The number of carbonyl (C=O) groups excluding carboxylic acids is 1. The Hall–Kier alpha value is -0.670. The van der Waals surface area contributed by atoms with Gasteiger partial charge in [0, 0.05) is 5.92 Å². The van der Waals surface area contributed by atoms with Crippen molar-refractivity contribution in [2.75, 3.05) is 0 Å². The molecule has 0 aliphatic carbocycles. The highest BCUT2D eigenvalue weighted by molar-refractivity contribution is 5.81. The maximum absolute atomic E-state index is 12.2. The molecule has 0 aliphatic heterocycles. The van der Waals surface area contributed by atoms with Crippen molar-refractivity contribution in [2.45, 2.75) is 19.8 Å². The van der Waals surface area contributed by atoms with Crippen molar-refractivity contribution in [3.63, 3.8) is 0 Å². The van der Waals surface area contributed by atoms with Gasteiger partial charge in [0.15, 0.2) is 0 Å². The van der Waals surface area contributed by atoms with Crippen molar-refractivity contribution in [1.82, 2.24) is 0 Å². The van der Waals surface area contributed by atoms with Crippen LogP contribution in [-0.2, 0) is 4.79 Å². The van der Waals surface area contributed by atoms with Gasteiger partial charge in [-0.25, -0.2) is 0 Å². The smallest absolute Gasteiger partial charge is 0.326 e. The fourth-order valence-corrected chi connectivity index (χ4v) is 0.285. The highest BCUT2D eigenvalue weighted by atomic mass is 19.3. The van der Waals surface area contributed by atoms with Crippen LogP contribution in [-0.4, -0.2) is 11.8 Å². The molecule has 0 heterocycles.